The highest BCUT2D eigenvalue weighted by molar-refractivity contribution is 6.33. The topological polar surface area (TPSA) is 49.5 Å². The minimum atomic E-state index is -0.158. The van der Waals surface area contributed by atoms with Crippen molar-refractivity contribution >= 4 is 11.6 Å². The van der Waals surface area contributed by atoms with Gasteiger partial charge < -0.3 is 9.52 Å². The third-order valence-electron chi connectivity index (χ3n) is 3.61. The molecule has 1 saturated heterocycles. The van der Waals surface area contributed by atoms with Crippen LogP contribution < -0.4 is 0 Å². The molecule has 0 saturated carbocycles. The Morgan fingerprint density at radius 1 is 1.30 bits per heavy atom. The summed E-state index contributed by atoms with van der Waals surface area (Å²) in [5.41, 5.74) is 0.863. The minimum Gasteiger partial charge on any atom is -0.439 e. The van der Waals surface area contributed by atoms with E-state index in [2.05, 4.69) is 9.88 Å². The van der Waals surface area contributed by atoms with E-state index in [1.165, 1.54) is 0 Å². The van der Waals surface area contributed by atoms with Crippen LogP contribution in [0, 0.1) is 0 Å². The molecule has 2 heterocycles. The van der Waals surface area contributed by atoms with Crippen LogP contribution >= 0.6 is 11.6 Å². The average Bonchev–Trinajstić information content (AvgIpc) is 2.90. The Morgan fingerprint density at radius 2 is 2.05 bits per heavy atom. The van der Waals surface area contributed by atoms with Crippen LogP contribution in [0.4, 0.5) is 0 Å². The van der Waals surface area contributed by atoms with Gasteiger partial charge in [0, 0.05) is 18.7 Å². The molecular weight excluding hydrogens is 276 g/mol. The van der Waals surface area contributed by atoms with Crippen LogP contribution in [-0.2, 0) is 6.54 Å². The molecule has 1 aliphatic heterocycles. The molecule has 1 aliphatic rings. The largest absolute Gasteiger partial charge is 0.439 e. The summed E-state index contributed by atoms with van der Waals surface area (Å²) in [6.45, 7) is 2.44. The van der Waals surface area contributed by atoms with Gasteiger partial charge in [-0.3, -0.25) is 4.90 Å². The second-order valence-electron chi connectivity index (χ2n) is 5.11. The molecule has 3 rings (SSSR count). The maximum Gasteiger partial charge on any atom is 0.209 e. The van der Waals surface area contributed by atoms with Gasteiger partial charge in [-0.15, -0.1) is 0 Å². The first kappa shape index (κ1) is 13.6. The van der Waals surface area contributed by atoms with Crippen molar-refractivity contribution in [1.82, 2.24) is 9.88 Å². The van der Waals surface area contributed by atoms with E-state index in [0.717, 1.165) is 31.5 Å². The van der Waals surface area contributed by atoms with E-state index in [0.29, 0.717) is 23.2 Å². The highest BCUT2D eigenvalue weighted by atomic mass is 35.5. The fourth-order valence-corrected chi connectivity index (χ4v) is 2.67. The number of hydrogen-bond donors (Lipinski definition) is 1. The number of likely N-dealkylation sites (tertiary alicyclic amines) is 1. The van der Waals surface area contributed by atoms with Crippen molar-refractivity contribution in [2.75, 3.05) is 13.1 Å². The predicted octanol–water partition coefficient (Wildman–Crippen LogP) is 2.95. The van der Waals surface area contributed by atoms with Gasteiger partial charge in [-0.1, -0.05) is 23.7 Å². The summed E-state index contributed by atoms with van der Waals surface area (Å²) >= 11 is 6.15. The molecule has 1 N–H and O–H groups in total. The van der Waals surface area contributed by atoms with E-state index in [9.17, 15) is 5.11 Å². The molecule has 0 unspecified atom stereocenters. The Balaban J connectivity index is 1.70. The molecule has 1 fully saturated rings. The first-order valence-electron chi connectivity index (χ1n) is 6.82. The fraction of sp³-hybridized carbons (Fsp3) is 0.400. The van der Waals surface area contributed by atoms with Gasteiger partial charge in [0.25, 0.3) is 0 Å². The Hall–Kier alpha value is -1.36. The van der Waals surface area contributed by atoms with Crippen LogP contribution in [0.2, 0.25) is 5.02 Å². The van der Waals surface area contributed by atoms with Gasteiger partial charge in [0.1, 0.15) is 0 Å². The fourth-order valence-electron chi connectivity index (χ4n) is 2.44. The lowest BCUT2D eigenvalue weighted by Gasteiger charge is -2.28. The number of rotatable bonds is 3. The Bertz CT molecular complexity index is 577. The lowest BCUT2D eigenvalue weighted by molar-refractivity contribution is 0.0752. The smallest absolute Gasteiger partial charge is 0.209 e. The van der Waals surface area contributed by atoms with E-state index >= 15 is 0 Å². The van der Waals surface area contributed by atoms with Crippen LogP contribution in [-0.4, -0.2) is 34.2 Å². The zero-order valence-corrected chi connectivity index (χ0v) is 11.9. The van der Waals surface area contributed by atoms with Gasteiger partial charge in [0.15, 0.2) is 5.76 Å². The summed E-state index contributed by atoms with van der Waals surface area (Å²) in [5, 5.41) is 10.2. The molecule has 5 heteroatoms. The third-order valence-corrected chi connectivity index (χ3v) is 3.94. The van der Waals surface area contributed by atoms with Crippen LogP contribution in [0.25, 0.3) is 11.3 Å². The number of nitrogens with zero attached hydrogens (tertiary/aromatic N) is 2. The average molecular weight is 293 g/mol. The van der Waals surface area contributed by atoms with Gasteiger partial charge in [-0.25, -0.2) is 4.98 Å². The molecule has 0 amide bonds. The van der Waals surface area contributed by atoms with Crippen LogP contribution in [0.1, 0.15) is 18.7 Å². The summed E-state index contributed by atoms with van der Waals surface area (Å²) in [5.74, 6) is 1.39. The van der Waals surface area contributed by atoms with Crippen LogP contribution in [0.15, 0.2) is 34.9 Å². The first-order chi connectivity index (χ1) is 9.72. The Morgan fingerprint density at radius 3 is 2.80 bits per heavy atom. The van der Waals surface area contributed by atoms with Gasteiger partial charge in [0.2, 0.25) is 5.89 Å². The van der Waals surface area contributed by atoms with Crippen molar-refractivity contribution in [2.24, 2.45) is 0 Å². The number of oxazole rings is 1. The van der Waals surface area contributed by atoms with E-state index in [1.54, 1.807) is 6.20 Å². The molecule has 1 aromatic heterocycles. The third kappa shape index (κ3) is 3.03. The van der Waals surface area contributed by atoms with E-state index in [1.807, 2.05) is 24.3 Å². The molecule has 0 spiro atoms. The van der Waals surface area contributed by atoms with Gasteiger partial charge in [-0.05, 0) is 25.0 Å². The summed E-state index contributed by atoms with van der Waals surface area (Å²) in [6.07, 6.45) is 3.19. The Kier molecular flexibility index (Phi) is 4.05. The first-order valence-corrected chi connectivity index (χ1v) is 7.20. The second-order valence-corrected chi connectivity index (χ2v) is 5.51. The second kappa shape index (κ2) is 5.95. The maximum atomic E-state index is 9.50. The highest BCUT2D eigenvalue weighted by Crippen LogP contribution is 2.28. The molecule has 106 valence electrons. The van der Waals surface area contributed by atoms with Crippen molar-refractivity contribution < 1.29 is 9.52 Å². The van der Waals surface area contributed by atoms with Gasteiger partial charge in [-0.2, -0.15) is 0 Å². The quantitative estimate of drug-likeness (QED) is 0.945. The standard InChI is InChI=1S/C15H17ClN2O2/c16-13-4-2-1-3-12(13)14-9-17-15(20-14)10-18-7-5-11(19)6-8-18/h1-4,9,11,19H,5-8,10H2. The summed E-state index contributed by atoms with van der Waals surface area (Å²) < 4.78 is 5.78. The molecule has 2 aromatic rings. The van der Waals surface area contributed by atoms with Crippen molar-refractivity contribution in [1.29, 1.82) is 0 Å². The van der Waals surface area contributed by atoms with Gasteiger partial charge >= 0.3 is 0 Å². The van der Waals surface area contributed by atoms with Gasteiger partial charge in [0.05, 0.1) is 23.9 Å². The number of aliphatic hydroxyl groups is 1. The number of hydrogen-bond acceptors (Lipinski definition) is 4. The number of aliphatic hydroxyl groups excluding tert-OH is 1. The molecular formula is C15H17ClN2O2. The van der Waals surface area contributed by atoms with Crippen LogP contribution in [0.3, 0.4) is 0 Å². The monoisotopic (exact) mass is 292 g/mol. The summed E-state index contributed by atoms with van der Waals surface area (Å²) in [4.78, 5) is 6.56. The van der Waals surface area contributed by atoms with Crippen molar-refractivity contribution in [3.63, 3.8) is 0 Å². The summed E-state index contributed by atoms with van der Waals surface area (Å²) in [7, 11) is 0. The molecule has 4 nitrogen and oxygen atoms in total. The van der Waals surface area contributed by atoms with Crippen LogP contribution in [0.5, 0.6) is 0 Å². The van der Waals surface area contributed by atoms with Crippen molar-refractivity contribution in [2.45, 2.75) is 25.5 Å². The predicted molar refractivity (Wildman–Crippen MR) is 77.5 cm³/mol. The number of halogens is 1. The van der Waals surface area contributed by atoms with Crippen molar-refractivity contribution in [3.05, 3.63) is 41.4 Å². The molecule has 1 aromatic carbocycles. The molecule has 0 aliphatic carbocycles. The molecule has 0 atom stereocenters. The van der Waals surface area contributed by atoms with E-state index < -0.39 is 0 Å². The Labute approximate surface area is 123 Å². The number of benzene rings is 1. The minimum absolute atomic E-state index is 0.158. The SMILES string of the molecule is OC1CCN(Cc2ncc(-c3ccccc3Cl)o2)CC1. The molecule has 0 radical (unpaired) electrons. The molecule has 20 heavy (non-hydrogen) atoms. The van der Waals surface area contributed by atoms with E-state index in [-0.39, 0.29) is 6.10 Å². The highest BCUT2D eigenvalue weighted by Gasteiger charge is 2.19. The summed E-state index contributed by atoms with van der Waals surface area (Å²) in [6, 6.07) is 7.58. The normalized spacial score (nSPS) is 17.5. The zero-order chi connectivity index (χ0) is 13.9. The van der Waals surface area contributed by atoms with E-state index in [4.69, 9.17) is 16.0 Å². The number of piperidine rings is 1. The lowest BCUT2D eigenvalue weighted by atomic mass is 10.1. The maximum absolute atomic E-state index is 9.50. The lowest BCUT2D eigenvalue weighted by Crippen LogP contribution is -2.35. The zero-order valence-electron chi connectivity index (χ0n) is 11.1. The molecule has 0 bridgehead atoms. The number of aromatic nitrogens is 1. The van der Waals surface area contributed by atoms with Crippen molar-refractivity contribution in [3.8, 4) is 11.3 Å².